The molecule has 0 unspecified atom stereocenters. The number of halogens is 3. The first kappa shape index (κ1) is 15.0. The molecule has 0 aromatic heterocycles. The molecule has 1 aromatic rings. The Morgan fingerprint density at radius 1 is 1.18 bits per heavy atom. The summed E-state index contributed by atoms with van der Waals surface area (Å²) in [6.45, 7) is 5.28. The molecule has 0 aliphatic carbocycles. The molecule has 3 nitrogen and oxygen atoms in total. The molecule has 0 radical (unpaired) electrons. The second-order valence-corrected chi connectivity index (χ2v) is 5.97. The molecule has 0 saturated carbocycles. The van der Waals surface area contributed by atoms with Crippen molar-refractivity contribution in [2.24, 2.45) is 0 Å². The lowest BCUT2D eigenvalue weighted by molar-refractivity contribution is 0.217. The molecule has 1 rings (SSSR count). The van der Waals surface area contributed by atoms with Gasteiger partial charge in [-0.05, 0) is 57.8 Å². The number of anilines is 1. The van der Waals surface area contributed by atoms with Crippen molar-refractivity contribution < 1.29 is 4.79 Å². The second kappa shape index (κ2) is 6.75. The third-order valence-electron chi connectivity index (χ3n) is 2.29. The Kier molecular flexibility index (Phi) is 5.95. The molecule has 0 spiro atoms. The van der Waals surface area contributed by atoms with Gasteiger partial charge in [0.25, 0.3) is 0 Å². The maximum atomic E-state index is 11.9. The lowest BCUT2D eigenvalue weighted by atomic mass is 10.3. The highest BCUT2D eigenvalue weighted by atomic mass is 79.9. The van der Waals surface area contributed by atoms with Crippen LogP contribution in [0.4, 0.5) is 10.5 Å². The van der Waals surface area contributed by atoms with Crippen LogP contribution < -0.4 is 5.32 Å². The van der Waals surface area contributed by atoms with Gasteiger partial charge in [-0.3, -0.25) is 0 Å². The molecule has 1 aromatic carbocycles. The SMILES string of the molecule is CCN(CC)C(=O)Nc1c(Br)cc(Br)cc1Br. The Hall–Kier alpha value is -0.0700. The zero-order valence-corrected chi connectivity index (χ0v) is 14.3. The highest BCUT2D eigenvalue weighted by molar-refractivity contribution is 9.11. The first-order valence-corrected chi connectivity index (χ1v) is 7.58. The third kappa shape index (κ3) is 3.96. The summed E-state index contributed by atoms with van der Waals surface area (Å²) in [6, 6.07) is 3.68. The second-order valence-electron chi connectivity index (χ2n) is 3.35. The minimum Gasteiger partial charge on any atom is -0.325 e. The van der Waals surface area contributed by atoms with E-state index in [0.717, 1.165) is 19.1 Å². The van der Waals surface area contributed by atoms with Gasteiger partial charge >= 0.3 is 6.03 Å². The van der Waals surface area contributed by atoms with Gasteiger partial charge in [0.05, 0.1) is 5.69 Å². The average molecular weight is 429 g/mol. The Morgan fingerprint density at radius 2 is 1.65 bits per heavy atom. The van der Waals surface area contributed by atoms with E-state index in [4.69, 9.17) is 0 Å². The first-order chi connectivity index (χ1) is 7.99. The van der Waals surface area contributed by atoms with Gasteiger partial charge in [0.1, 0.15) is 0 Å². The summed E-state index contributed by atoms with van der Waals surface area (Å²) in [5, 5.41) is 2.88. The van der Waals surface area contributed by atoms with E-state index < -0.39 is 0 Å². The highest BCUT2D eigenvalue weighted by Gasteiger charge is 2.13. The highest BCUT2D eigenvalue weighted by Crippen LogP contribution is 2.34. The topological polar surface area (TPSA) is 32.3 Å². The van der Waals surface area contributed by atoms with Crippen molar-refractivity contribution in [1.29, 1.82) is 0 Å². The Balaban J connectivity index is 2.92. The number of amides is 2. The summed E-state index contributed by atoms with van der Waals surface area (Å²) in [7, 11) is 0. The van der Waals surface area contributed by atoms with Crippen LogP contribution in [0, 0.1) is 0 Å². The summed E-state index contributed by atoms with van der Waals surface area (Å²) in [5.41, 5.74) is 0.741. The van der Waals surface area contributed by atoms with Crippen LogP contribution in [0.3, 0.4) is 0 Å². The molecule has 17 heavy (non-hydrogen) atoms. The number of nitrogens with zero attached hydrogens (tertiary/aromatic N) is 1. The molecular formula is C11H13Br3N2O. The fourth-order valence-corrected chi connectivity index (χ4v) is 3.82. The number of hydrogen-bond acceptors (Lipinski definition) is 1. The average Bonchev–Trinajstić information content (AvgIpc) is 2.25. The van der Waals surface area contributed by atoms with Crippen LogP contribution in [0.25, 0.3) is 0 Å². The van der Waals surface area contributed by atoms with Crippen molar-refractivity contribution >= 4 is 59.5 Å². The predicted octanol–water partition coefficient (Wildman–Crippen LogP) is 4.85. The lowest BCUT2D eigenvalue weighted by Crippen LogP contribution is -2.34. The van der Waals surface area contributed by atoms with Gasteiger partial charge in [-0.2, -0.15) is 0 Å². The van der Waals surface area contributed by atoms with Crippen molar-refractivity contribution in [1.82, 2.24) is 4.90 Å². The van der Waals surface area contributed by atoms with Crippen LogP contribution in [0.15, 0.2) is 25.6 Å². The molecule has 0 aliphatic heterocycles. The van der Waals surface area contributed by atoms with Gasteiger partial charge in [-0.1, -0.05) is 15.9 Å². The van der Waals surface area contributed by atoms with Gasteiger partial charge < -0.3 is 10.2 Å². The molecular weight excluding hydrogens is 416 g/mol. The standard InChI is InChI=1S/C11H13Br3N2O/c1-3-16(4-2)11(17)15-10-8(13)5-7(12)6-9(10)14/h5-6H,3-4H2,1-2H3,(H,15,17). The van der Waals surface area contributed by atoms with Gasteiger partial charge in [0.2, 0.25) is 0 Å². The van der Waals surface area contributed by atoms with E-state index in [-0.39, 0.29) is 6.03 Å². The Labute approximate surface area is 126 Å². The number of benzene rings is 1. The number of nitrogens with one attached hydrogen (secondary N) is 1. The van der Waals surface area contributed by atoms with Crippen LogP contribution in [-0.2, 0) is 0 Å². The summed E-state index contributed by atoms with van der Waals surface area (Å²) >= 11 is 10.2. The van der Waals surface area contributed by atoms with Crippen molar-refractivity contribution in [2.45, 2.75) is 13.8 Å². The van der Waals surface area contributed by atoms with E-state index in [9.17, 15) is 4.79 Å². The largest absolute Gasteiger partial charge is 0.325 e. The molecule has 0 atom stereocenters. The van der Waals surface area contributed by atoms with Crippen LogP contribution in [0.5, 0.6) is 0 Å². The number of urea groups is 1. The van der Waals surface area contributed by atoms with Gasteiger partial charge in [-0.25, -0.2) is 4.79 Å². The van der Waals surface area contributed by atoms with E-state index in [1.807, 2.05) is 26.0 Å². The minimum atomic E-state index is -0.0984. The van der Waals surface area contributed by atoms with Crippen LogP contribution in [0.1, 0.15) is 13.8 Å². The fraction of sp³-hybridized carbons (Fsp3) is 0.364. The third-order valence-corrected chi connectivity index (χ3v) is 4.00. The monoisotopic (exact) mass is 426 g/mol. The zero-order valence-electron chi connectivity index (χ0n) is 9.56. The smallest absolute Gasteiger partial charge is 0.321 e. The summed E-state index contributed by atoms with van der Waals surface area (Å²) in [5.74, 6) is 0. The molecule has 94 valence electrons. The van der Waals surface area contributed by atoms with Crippen molar-refractivity contribution in [3.63, 3.8) is 0 Å². The summed E-state index contributed by atoms with van der Waals surface area (Å²) < 4.78 is 2.61. The molecule has 0 heterocycles. The van der Waals surface area contributed by atoms with E-state index in [0.29, 0.717) is 13.1 Å². The van der Waals surface area contributed by atoms with E-state index in [1.54, 1.807) is 4.90 Å². The van der Waals surface area contributed by atoms with E-state index >= 15 is 0 Å². The maximum Gasteiger partial charge on any atom is 0.321 e. The summed E-state index contributed by atoms with van der Waals surface area (Å²) in [6.07, 6.45) is 0. The van der Waals surface area contributed by atoms with Crippen molar-refractivity contribution in [3.8, 4) is 0 Å². The predicted molar refractivity (Wildman–Crippen MR) is 81.5 cm³/mol. The molecule has 6 heteroatoms. The van der Waals surface area contributed by atoms with Crippen LogP contribution >= 0.6 is 47.8 Å². The Bertz CT molecular complexity index is 396. The minimum absolute atomic E-state index is 0.0984. The van der Waals surface area contributed by atoms with E-state index in [2.05, 4.69) is 53.1 Å². The van der Waals surface area contributed by atoms with Gasteiger partial charge in [-0.15, -0.1) is 0 Å². The lowest BCUT2D eigenvalue weighted by Gasteiger charge is -2.20. The van der Waals surface area contributed by atoms with Crippen LogP contribution in [-0.4, -0.2) is 24.0 Å². The number of hydrogen-bond donors (Lipinski definition) is 1. The zero-order chi connectivity index (χ0) is 13.0. The maximum absolute atomic E-state index is 11.9. The number of rotatable bonds is 3. The molecule has 0 saturated heterocycles. The van der Waals surface area contributed by atoms with E-state index in [1.165, 1.54) is 0 Å². The number of carbonyl (C=O) groups is 1. The molecule has 1 N–H and O–H groups in total. The summed E-state index contributed by atoms with van der Waals surface area (Å²) in [4.78, 5) is 13.6. The molecule has 0 aliphatic rings. The van der Waals surface area contributed by atoms with Gasteiger partial charge in [0, 0.05) is 26.5 Å². The molecule has 2 amide bonds. The molecule has 0 bridgehead atoms. The van der Waals surface area contributed by atoms with Crippen molar-refractivity contribution in [3.05, 3.63) is 25.6 Å². The van der Waals surface area contributed by atoms with Gasteiger partial charge in [0.15, 0.2) is 0 Å². The molecule has 0 fully saturated rings. The van der Waals surface area contributed by atoms with Crippen molar-refractivity contribution in [2.75, 3.05) is 18.4 Å². The fourth-order valence-electron chi connectivity index (χ4n) is 1.36. The van der Waals surface area contributed by atoms with Crippen LogP contribution in [0.2, 0.25) is 0 Å². The first-order valence-electron chi connectivity index (χ1n) is 5.20. The normalized spacial score (nSPS) is 10.2. The Morgan fingerprint density at radius 3 is 2.06 bits per heavy atom. The number of carbonyl (C=O) groups excluding carboxylic acids is 1. The quantitative estimate of drug-likeness (QED) is 0.733.